The van der Waals surface area contributed by atoms with Gasteiger partial charge < -0.3 is 9.84 Å². The number of hydrogen-bond acceptors (Lipinski definition) is 4. The van der Waals surface area contributed by atoms with Crippen molar-refractivity contribution in [2.24, 2.45) is 0 Å². The highest BCUT2D eigenvalue weighted by Crippen LogP contribution is 2.44. The van der Waals surface area contributed by atoms with Gasteiger partial charge in [-0.15, -0.1) is 0 Å². The average molecular weight is 428 g/mol. The minimum atomic E-state index is -0.558. The van der Waals surface area contributed by atoms with E-state index in [0.29, 0.717) is 10.3 Å². The number of carbonyl (C=O) groups is 1. The number of benzene rings is 2. The van der Waals surface area contributed by atoms with Crippen molar-refractivity contribution in [2.45, 2.75) is 12.5 Å². The first-order valence-electron chi connectivity index (χ1n) is 8.63. The van der Waals surface area contributed by atoms with E-state index in [1.807, 2.05) is 24.3 Å². The quantitative estimate of drug-likeness (QED) is 0.644. The summed E-state index contributed by atoms with van der Waals surface area (Å²) in [5.41, 5.74) is 4.70. The molecule has 7 heteroatoms. The number of carbonyl (C=O) groups excluding carboxylic acids is 1. The van der Waals surface area contributed by atoms with Crippen LogP contribution in [0.5, 0.6) is 0 Å². The number of nitrogens with one attached hydrogen (secondary N) is 1. The maximum absolute atomic E-state index is 12.3. The van der Waals surface area contributed by atoms with Gasteiger partial charge in [-0.3, -0.25) is 5.32 Å². The molecular weight excluding hydrogens is 410 g/mol. The van der Waals surface area contributed by atoms with Gasteiger partial charge in [-0.1, -0.05) is 48.5 Å². The van der Waals surface area contributed by atoms with Gasteiger partial charge in [-0.25, -0.2) is 9.48 Å². The zero-order valence-electron chi connectivity index (χ0n) is 14.4. The normalized spacial score (nSPS) is 12.5. The standard InChI is InChI=1S/C20H18BrN3O3/c21-18-11-22-24(9-10-25)19(18)23-20(26)27-12-17-15-7-3-1-5-13(15)14-6-2-4-8-16(14)17/h1-8,11,17,25H,9-10,12H2,(H,23,26). The number of hydrogen-bond donors (Lipinski definition) is 2. The summed E-state index contributed by atoms with van der Waals surface area (Å²) in [6.45, 7) is 0.448. The molecule has 1 aromatic heterocycles. The zero-order valence-corrected chi connectivity index (χ0v) is 16.0. The molecule has 3 aromatic rings. The molecule has 27 heavy (non-hydrogen) atoms. The summed E-state index contributed by atoms with van der Waals surface area (Å²) in [7, 11) is 0. The Morgan fingerprint density at radius 2 is 1.78 bits per heavy atom. The molecule has 1 aliphatic carbocycles. The maximum atomic E-state index is 12.3. The van der Waals surface area contributed by atoms with Crippen LogP contribution in [0.3, 0.4) is 0 Å². The highest BCUT2D eigenvalue weighted by molar-refractivity contribution is 9.10. The molecule has 4 rings (SSSR count). The van der Waals surface area contributed by atoms with Crippen molar-refractivity contribution in [2.75, 3.05) is 18.5 Å². The third kappa shape index (κ3) is 3.36. The maximum Gasteiger partial charge on any atom is 0.412 e. The smallest absolute Gasteiger partial charge is 0.412 e. The number of aliphatic hydroxyl groups excluding tert-OH is 1. The molecule has 1 aliphatic rings. The van der Waals surface area contributed by atoms with E-state index in [9.17, 15) is 4.79 Å². The SMILES string of the molecule is O=C(Nc1c(Br)cnn1CCO)OCC1c2ccccc2-c2ccccc21. The Kier molecular flexibility index (Phi) is 4.96. The lowest BCUT2D eigenvalue weighted by atomic mass is 9.98. The molecule has 0 spiro atoms. The van der Waals surface area contributed by atoms with Crippen LogP contribution in [-0.2, 0) is 11.3 Å². The van der Waals surface area contributed by atoms with E-state index in [2.05, 4.69) is 50.6 Å². The fourth-order valence-corrected chi connectivity index (χ4v) is 3.88. The van der Waals surface area contributed by atoms with E-state index in [1.54, 1.807) is 6.20 Å². The highest BCUT2D eigenvalue weighted by Gasteiger charge is 2.29. The largest absolute Gasteiger partial charge is 0.448 e. The number of amides is 1. The predicted octanol–water partition coefficient (Wildman–Crippen LogP) is 4.00. The molecule has 0 aliphatic heterocycles. The van der Waals surface area contributed by atoms with E-state index in [1.165, 1.54) is 15.8 Å². The van der Waals surface area contributed by atoms with Crippen LogP contribution < -0.4 is 5.32 Å². The van der Waals surface area contributed by atoms with Crippen LogP contribution in [0, 0.1) is 0 Å². The van der Waals surface area contributed by atoms with Gasteiger partial charge >= 0.3 is 6.09 Å². The van der Waals surface area contributed by atoms with Gasteiger partial charge in [-0.05, 0) is 38.2 Å². The lowest BCUT2D eigenvalue weighted by molar-refractivity contribution is 0.158. The molecular formula is C20H18BrN3O3. The summed E-state index contributed by atoms with van der Waals surface area (Å²) in [6.07, 6.45) is 1.01. The Balaban J connectivity index is 1.49. The Morgan fingerprint density at radius 3 is 2.41 bits per heavy atom. The number of aliphatic hydroxyl groups is 1. The van der Waals surface area contributed by atoms with Gasteiger partial charge in [0.1, 0.15) is 12.4 Å². The molecule has 138 valence electrons. The van der Waals surface area contributed by atoms with Crippen LogP contribution in [0.4, 0.5) is 10.6 Å². The molecule has 0 saturated heterocycles. The monoisotopic (exact) mass is 427 g/mol. The number of nitrogens with zero attached hydrogens (tertiary/aromatic N) is 2. The van der Waals surface area contributed by atoms with Crippen molar-refractivity contribution in [1.29, 1.82) is 0 Å². The van der Waals surface area contributed by atoms with Gasteiger partial charge in [-0.2, -0.15) is 5.10 Å². The van der Waals surface area contributed by atoms with Crippen LogP contribution in [-0.4, -0.2) is 34.2 Å². The van der Waals surface area contributed by atoms with Crippen molar-refractivity contribution in [3.63, 3.8) is 0 Å². The third-order valence-electron chi connectivity index (χ3n) is 4.67. The second kappa shape index (κ2) is 7.54. The summed E-state index contributed by atoms with van der Waals surface area (Å²) in [6, 6.07) is 16.4. The third-order valence-corrected chi connectivity index (χ3v) is 5.25. The van der Waals surface area contributed by atoms with Crippen LogP contribution in [0.25, 0.3) is 11.1 Å². The van der Waals surface area contributed by atoms with Gasteiger partial charge in [0.15, 0.2) is 0 Å². The van der Waals surface area contributed by atoms with Crippen molar-refractivity contribution in [1.82, 2.24) is 9.78 Å². The minimum Gasteiger partial charge on any atom is -0.448 e. The summed E-state index contributed by atoms with van der Waals surface area (Å²) < 4.78 is 7.66. The Labute approximate surface area is 164 Å². The van der Waals surface area contributed by atoms with Crippen LogP contribution in [0.15, 0.2) is 59.2 Å². The fourth-order valence-electron chi connectivity index (χ4n) is 3.48. The summed E-state index contributed by atoms with van der Waals surface area (Å²) in [5.74, 6) is 0.468. The van der Waals surface area contributed by atoms with E-state index in [4.69, 9.17) is 9.84 Å². The Bertz CT molecular complexity index is 941. The first kappa shape index (κ1) is 17.8. The van der Waals surface area contributed by atoms with E-state index in [-0.39, 0.29) is 25.7 Å². The lowest BCUT2D eigenvalue weighted by Gasteiger charge is -2.15. The lowest BCUT2D eigenvalue weighted by Crippen LogP contribution is -2.20. The summed E-state index contributed by atoms with van der Waals surface area (Å²) >= 11 is 3.34. The van der Waals surface area contributed by atoms with Crippen LogP contribution >= 0.6 is 15.9 Å². The molecule has 0 radical (unpaired) electrons. The molecule has 0 bridgehead atoms. The molecule has 0 saturated carbocycles. The molecule has 1 heterocycles. The summed E-state index contributed by atoms with van der Waals surface area (Å²) in [4.78, 5) is 12.3. The Morgan fingerprint density at radius 1 is 1.15 bits per heavy atom. The van der Waals surface area contributed by atoms with Gasteiger partial charge in [0.05, 0.1) is 23.8 Å². The average Bonchev–Trinajstić information content (AvgIpc) is 3.19. The van der Waals surface area contributed by atoms with Gasteiger partial charge in [0, 0.05) is 5.92 Å². The molecule has 2 N–H and O–H groups in total. The minimum absolute atomic E-state index is 0.00828. The number of ether oxygens (including phenoxy) is 1. The van der Waals surface area contributed by atoms with E-state index < -0.39 is 6.09 Å². The zero-order chi connectivity index (χ0) is 18.8. The molecule has 6 nitrogen and oxygen atoms in total. The van der Waals surface area contributed by atoms with Gasteiger partial charge in [0.25, 0.3) is 0 Å². The molecule has 2 aromatic carbocycles. The predicted molar refractivity (Wildman–Crippen MR) is 106 cm³/mol. The van der Waals surface area contributed by atoms with Crippen molar-refractivity contribution >= 4 is 27.8 Å². The van der Waals surface area contributed by atoms with Gasteiger partial charge in [0.2, 0.25) is 0 Å². The van der Waals surface area contributed by atoms with Crippen molar-refractivity contribution < 1.29 is 14.6 Å². The van der Waals surface area contributed by atoms with E-state index >= 15 is 0 Å². The highest BCUT2D eigenvalue weighted by atomic mass is 79.9. The van der Waals surface area contributed by atoms with Crippen LogP contribution in [0.1, 0.15) is 17.0 Å². The molecule has 0 atom stereocenters. The molecule has 1 amide bonds. The summed E-state index contributed by atoms with van der Waals surface area (Å²) in [5, 5.41) is 15.9. The first-order chi connectivity index (χ1) is 13.2. The second-order valence-corrected chi connectivity index (χ2v) is 7.09. The Hall–Kier alpha value is -2.64. The second-order valence-electron chi connectivity index (χ2n) is 6.24. The fraction of sp³-hybridized carbons (Fsp3) is 0.200. The molecule has 0 fully saturated rings. The number of rotatable bonds is 5. The number of anilines is 1. The van der Waals surface area contributed by atoms with Crippen LogP contribution in [0.2, 0.25) is 0 Å². The van der Waals surface area contributed by atoms with Crippen molar-refractivity contribution in [3.05, 3.63) is 70.3 Å². The molecule has 0 unspecified atom stereocenters. The topological polar surface area (TPSA) is 76.4 Å². The number of fused-ring (bicyclic) bond motifs is 3. The first-order valence-corrected chi connectivity index (χ1v) is 9.42. The number of aromatic nitrogens is 2. The van der Waals surface area contributed by atoms with E-state index in [0.717, 1.165) is 11.1 Å². The number of halogens is 1. The van der Waals surface area contributed by atoms with Crippen molar-refractivity contribution in [3.8, 4) is 11.1 Å².